The van der Waals surface area contributed by atoms with Crippen LogP contribution in [0.4, 0.5) is 0 Å². The second-order valence-corrected chi connectivity index (χ2v) is 7.63. The second-order valence-electron chi connectivity index (χ2n) is 7.63. The number of methoxy groups -OCH3 is 1. The van der Waals surface area contributed by atoms with Crippen LogP contribution in [-0.2, 0) is 0 Å². The Hall–Kier alpha value is -3.64. The van der Waals surface area contributed by atoms with E-state index in [9.17, 15) is 5.11 Å². The van der Waals surface area contributed by atoms with Crippen LogP contribution in [0.25, 0.3) is 5.70 Å². The maximum atomic E-state index is 10.9. The van der Waals surface area contributed by atoms with Gasteiger partial charge in [-0.1, -0.05) is 30.3 Å². The van der Waals surface area contributed by atoms with E-state index in [4.69, 9.17) is 14.2 Å². The maximum Gasteiger partial charge on any atom is 0.162 e. The highest BCUT2D eigenvalue weighted by molar-refractivity contribution is 5.68. The molecule has 1 aliphatic heterocycles. The predicted octanol–water partition coefficient (Wildman–Crippen LogP) is 5.17. The summed E-state index contributed by atoms with van der Waals surface area (Å²) in [6, 6.07) is 21.2. The minimum Gasteiger partial charge on any atom is -0.504 e. The molecule has 33 heavy (non-hydrogen) atoms. The van der Waals surface area contributed by atoms with Gasteiger partial charge in [0.1, 0.15) is 17.7 Å². The molecule has 3 aromatic carbocycles. The normalized spacial score (nSPS) is 17.6. The van der Waals surface area contributed by atoms with Gasteiger partial charge in [0.2, 0.25) is 0 Å². The van der Waals surface area contributed by atoms with Crippen LogP contribution in [-0.4, -0.2) is 25.4 Å². The van der Waals surface area contributed by atoms with Crippen LogP contribution in [0.15, 0.2) is 72.8 Å². The number of nitrogens with one attached hydrogen (secondary N) is 2. The van der Waals surface area contributed by atoms with Crippen LogP contribution in [0.2, 0.25) is 0 Å². The van der Waals surface area contributed by atoms with E-state index >= 15 is 0 Å². The zero-order valence-electron chi connectivity index (χ0n) is 19.2. The van der Waals surface area contributed by atoms with Crippen LogP contribution >= 0.6 is 0 Å². The van der Waals surface area contributed by atoms with Crippen LogP contribution in [0.5, 0.6) is 23.0 Å². The standard InChI is InChI=1S/C27H30N2O4/c1-4-32-24-11-7-6-9-21(24)27-28-22(18-13-15-19(31-3)16-14-18)17-23(29-27)20-10-8-12-25(26(20)30)33-5-2/h6-17,23,27-30H,4-5H2,1-3H3. The van der Waals surface area contributed by atoms with Gasteiger partial charge in [0.25, 0.3) is 0 Å². The van der Waals surface area contributed by atoms with E-state index in [1.807, 2.05) is 74.5 Å². The van der Waals surface area contributed by atoms with Gasteiger partial charge in [0.15, 0.2) is 11.5 Å². The Kier molecular flexibility index (Phi) is 7.05. The van der Waals surface area contributed by atoms with E-state index in [2.05, 4.69) is 16.7 Å². The molecule has 0 fully saturated rings. The third kappa shape index (κ3) is 4.91. The van der Waals surface area contributed by atoms with Gasteiger partial charge >= 0.3 is 0 Å². The summed E-state index contributed by atoms with van der Waals surface area (Å²) in [5, 5.41) is 18.1. The van der Waals surface area contributed by atoms with Crippen LogP contribution < -0.4 is 24.8 Å². The number of rotatable bonds is 8. The van der Waals surface area contributed by atoms with Crippen molar-refractivity contribution in [3.63, 3.8) is 0 Å². The molecule has 0 aliphatic carbocycles. The van der Waals surface area contributed by atoms with Crippen molar-refractivity contribution in [1.29, 1.82) is 0 Å². The molecule has 1 heterocycles. The third-order valence-electron chi connectivity index (χ3n) is 5.58. The molecule has 4 rings (SSSR count). The highest BCUT2D eigenvalue weighted by atomic mass is 16.5. The lowest BCUT2D eigenvalue weighted by atomic mass is 9.97. The Morgan fingerprint density at radius 1 is 0.818 bits per heavy atom. The van der Waals surface area contributed by atoms with Gasteiger partial charge in [0, 0.05) is 16.8 Å². The average Bonchev–Trinajstić information content (AvgIpc) is 2.86. The first-order valence-corrected chi connectivity index (χ1v) is 11.2. The van der Waals surface area contributed by atoms with Gasteiger partial charge in [-0.25, -0.2) is 0 Å². The maximum absolute atomic E-state index is 10.9. The quantitative estimate of drug-likeness (QED) is 0.443. The van der Waals surface area contributed by atoms with Crippen molar-refractivity contribution in [1.82, 2.24) is 10.6 Å². The van der Waals surface area contributed by atoms with Gasteiger partial charge in [-0.3, -0.25) is 5.32 Å². The molecule has 0 aromatic heterocycles. The Balaban J connectivity index is 1.77. The van der Waals surface area contributed by atoms with Crippen molar-refractivity contribution in [3.05, 3.63) is 89.5 Å². The van der Waals surface area contributed by atoms with Crippen molar-refractivity contribution in [2.24, 2.45) is 0 Å². The molecule has 1 aliphatic rings. The number of hydrogen-bond acceptors (Lipinski definition) is 6. The van der Waals surface area contributed by atoms with Crippen molar-refractivity contribution in [2.45, 2.75) is 26.1 Å². The fourth-order valence-electron chi connectivity index (χ4n) is 4.01. The minimum absolute atomic E-state index is 0.140. The summed E-state index contributed by atoms with van der Waals surface area (Å²) >= 11 is 0. The molecule has 0 radical (unpaired) electrons. The van der Waals surface area contributed by atoms with E-state index in [1.165, 1.54) is 0 Å². The minimum atomic E-state index is -0.261. The Morgan fingerprint density at radius 2 is 1.48 bits per heavy atom. The molecule has 3 N–H and O–H groups in total. The molecule has 0 amide bonds. The number of para-hydroxylation sites is 2. The molecule has 6 heteroatoms. The first kappa shape index (κ1) is 22.6. The summed E-state index contributed by atoms with van der Waals surface area (Å²) in [6.45, 7) is 4.93. The highest BCUT2D eigenvalue weighted by Crippen LogP contribution is 2.39. The van der Waals surface area contributed by atoms with E-state index in [0.29, 0.717) is 19.0 Å². The smallest absolute Gasteiger partial charge is 0.162 e. The molecule has 0 bridgehead atoms. The first-order chi connectivity index (χ1) is 16.1. The summed E-state index contributed by atoms with van der Waals surface area (Å²) < 4.78 is 16.8. The number of ether oxygens (including phenoxy) is 3. The molecule has 2 atom stereocenters. The van der Waals surface area contributed by atoms with E-state index in [0.717, 1.165) is 33.9 Å². The van der Waals surface area contributed by atoms with E-state index in [1.54, 1.807) is 13.2 Å². The van der Waals surface area contributed by atoms with Crippen molar-refractivity contribution < 1.29 is 19.3 Å². The van der Waals surface area contributed by atoms with Crippen molar-refractivity contribution >= 4 is 5.70 Å². The zero-order valence-corrected chi connectivity index (χ0v) is 19.2. The molecular formula is C27H30N2O4. The molecule has 0 saturated carbocycles. The molecule has 2 unspecified atom stereocenters. The molecule has 172 valence electrons. The average molecular weight is 447 g/mol. The molecular weight excluding hydrogens is 416 g/mol. The number of aromatic hydroxyl groups is 1. The monoisotopic (exact) mass is 446 g/mol. The SMILES string of the molecule is CCOc1ccccc1C1NC(c2ccc(OC)cc2)=CC(c2cccc(OCC)c2O)N1. The van der Waals surface area contributed by atoms with Crippen LogP contribution in [0.1, 0.15) is 42.7 Å². The number of phenols is 1. The largest absolute Gasteiger partial charge is 0.504 e. The fourth-order valence-corrected chi connectivity index (χ4v) is 4.01. The Bertz CT molecular complexity index is 1110. The first-order valence-electron chi connectivity index (χ1n) is 11.2. The summed E-state index contributed by atoms with van der Waals surface area (Å²) in [4.78, 5) is 0. The predicted molar refractivity (Wildman–Crippen MR) is 130 cm³/mol. The van der Waals surface area contributed by atoms with E-state index in [-0.39, 0.29) is 18.0 Å². The highest BCUT2D eigenvalue weighted by Gasteiger charge is 2.28. The second kappa shape index (κ2) is 10.3. The van der Waals surface area contributed by atoms with Crippen molar-refractivity contribution in [3.8, 4) is 23.0 Å². The Morgan fingerprint density at radius 3 is 2.21 bits per heavy atom. The lowest BCUT2D eigenvalue weighted by molar-refractivity contribution is 0.312. The third-order valence-corrected chi connectivity index (χ3v) is 5.58. The fraction of sp³-hybridized carbons (Fsp3) is 0.259. The van der Waals surface area contributed by atoms with Gasteiger partial charge in [0.05, 0.1) is 26.4 Å². The summed E-state index contributed by atoms with van der Waals surface area (Å²) in [5.41, 5.74) is 3.69. The van der Waals surface area contributed by atoms with Crippen LogP contribution in [0, 0.1) is 0 Å². The summed E-state index contributed by atoms with van der Waals surface area (Å²) in [7, 11) is 1.65. The van der Waals surface area contributed by atoms with Gasteiger partial charge < -0.3 is 24.6 Å². The zero-order chi connectivity index (χ0) is 23.2. The van der Waals surface area contributed by atoms with Gasteiger partial charge in [-0.05, 0) is 61.9 Å². The Labute approximate surface area is 194 Å². The summed E-state index contributed by atoms with van der Waals surface area (Å²) in [5.74, 6) is 2.22. The molecule has 6 nitrogen and oxygen atoms in total. The topological polar surface area (TPSA) is 72.0 Å². The van der Waals surface area contributed by atoms with Gasteiger partial charge in [-0.15, -0.1) is 0 Å². The lowest BCUT2D eigenvalue weighted by Gasteiger charge is -2.34. The van der Waals surface area contributed by atoms with Crippen LogP contribution in [0.3, 0.4) is 0 Å². The lowest BCUT2D eigenvalue weighted by Crippen LogP contribution is -2.39. The molecule has 3 aromatic rings. The molecule has 0 spiro atoms. The van der Waals surface area contributed by atoms with Crippen molar-refractivity contribution in [2.75, 3.05) is 20.3 Å². The number of phenolic OH excluding ortho intramolecular Hbond substituents is 1. The van der Waals surface area contributed by atoms with Gasteiger partial charge in [-0.2, -0.15) is 0 Å². The van der Waals surface area contributed by atoms with E-state index < -0.39 is 0 Å². The number of benzene rings is 3. The molecule has 0 saturated heterocycles. The summed E-state index contributed by atoms with van der Waals surface area (Å²) in [6.07, 6.45) is 1.84. The number of hydrogen-bond donors (Lipinski definition) is 3.